The van der Waals surface area contributed by atoms with Crippen LogP contribution in [0.4, 0.5) is 0 Å². The number of hydrogen-bond donors (Lipinski definition) is 2. The molecule has 0 aliphatic heterocycles. The summed E-state index contributed by atoms with van der Waals surface area (Å²) in [6, 6.07) is 5.37. The van der Waals surface area contributed by atoms with Gasteiger partial charge in [-0.25, -0.2) is 0 Å². The van der Waals surface area contributed by atoms with E-state index in [1.807, 2.05) is 13.0 Å². The van der Waals surface area contributed by atoms with Gasteiger partial charge in [0.05, 0.1) is 4.99 Å². The standard InChI is InChI=1S/C11H15NOS/c1-7-5-9(13)3-4-10(7)8(2)6-11(12)14/h3-5,8,13H,6H2,1-2H3,(H2,12,14). The Hall–Kier alpha value is -1.09. The fourth-order valence-electron chi connectivity index (χ4n) is 1.62. The van der Waals surface area contributed by atoms with Gasteiger partial charge < -0.3 is 10.8 Å². The first kappa shape index (κ1) is 11.0. The Bertz CT molecular complexity index is 349. The molecule has 0 saturated carbocycles. The van der Waals surface area contributed by atoms with Crippen molar-refractivity contribution < 1.29 is 5.11 Å². The zero-order chi connectivity index (χ0) is 10.7. The summed E-state index contributed by atoms with van der Waals surface area (Å²) < 4.78 is 0. The van der Waals surface area contributed by atoms with E-state index in [4.69, 9.17) is 18.0 Å². The Labute approximate surface area is 89.7 Å². The van der Waals surface area contributed by atoms with Crippen molar-refractivity contribution in [2.75, 3.05) is 0 Å². The first-order valence-corrected chi connectivity index (χ1v) is 4.99. The van der Waals surface area contributed by atoms with Crippen LogP contribution in [0.1, 0.15) is 30.4 Å². The summed E-state index contributed by atoms with van der Waals surface area (Å²) in [5.74, 6) is 0.613. The zero-order valence-corrected chi connectivity index (χ0v) is 9.27. The van der Waals surface area contributed by atoms with Crippen molar-refractivity contribution in [1.82, 2.24) is 0 Å². The van der Waals surface area contributed by atoms with E-state index >= 15 is 0 Å². The monoisotopic (exact) mass is 209 g/mol. The van der Waals surface area contributed by atoms with Crippen LogP contribution in [0.5, 0.6) is 5.75 Å². The lowest BCUT2D eigenvalue weighted by Gasteiger charge is -2.13. The Morgan fingerprint density at radius 3 is 2.71 bits per heavy atom. The van der Waals surface area contributed by atoms with Crippen molar-refractivity contribution in [3.05, 3.63) is 29.3 Å². The molecule has 0 bridgehead atoms. The third kappa shape index (κ3) is 2.70. The average molecular weight is 209 g/mol. The van der Waals surface area contributed by atoms with Gasteiger partial charge in [0.1, 0.15) is 5.75 Å². The molecule has 1 aromatic rings. The summed E-state index contributed by atoms with van der Waals surface area (Å²) >= 11 is 4.87. The number of rotatable bonds is 3. The SMILES string of the molecule is Cc1cc(O)ccc1C(C)CC(N)=S. The molecule has 3 N–H and O–H groups in total. The van der Waals surface area contributed by atoms with Gasteiger partial charge in [-0.1, -0.05) is 25.2 Å². The fourth-order valence-corrected chi connectivity index (χ4v) is 1.87. The van der Waals surface area contributed by atoms with Gasteiger partial charge in [0.2, 0.25) is 0 Å². The van der Waals surface area contributed by atoms with Crippen molar-refractivity contribution in [3.63, 3.8) is 0 Å². The maximum atomic E-state index is 9.25. The number of nitrogens with two attached hydrogens (primary N) is 1. The van der Waals surface area contributed by atoms with Crippen molar-refractivity contribution in [2.45, 2.75) is 26.2 Å². The van der Waals surface area contributed by atoms with E-state index in [9.17, 15) is 5.11 Å². The highest BCUT2D eigenvalue weighted by atomic mass is 32.1. The van der Waals surface area contributed by atoms with Gasteiger partial charge in [0.25, 0.3) is 0 Å². The molecule has 2 nitrogen and oxygen atoms in total. The second-order valence-corrected chi connectivity index (χ2v) is 4.14. The van der Waals surface area contributed by atoms with E-state index in [1.165, 1.54) is 5.56 Å². The summed E-state index contributed by atoms with van der Waals surface area (Å²) in [5, 5.41) is 9.25. The van der Waals surface area contributed by atoms with Crippen LogP contribution in [0.15, 0.2) is 18.2 Å². The molecule has 0 aliphatic carbocycles. The van der Waals surface area contributed by atoms with Crippen LogP contribution in [-0.2, 0) is 0 Å². The lowest BCUT2D eigenvalue weighted by atomic mass is 9.93. The highest BCUT2D eigenvalue weighted by Crippen LogP contribution is 2.25. The molecule has 3 heteroatoms. The number of phenols is 1. The molecule has 0 fully saturated rings. The third-order valence-corrected chi connectivity index (χ3v) is 2.46. The molecule has 1 rings (SSSR count). The molecule has 0 aromatic heterocycles. The van der Waals surface area contributed by atoms with E-state index in [0.29, 0.717) is 23.1 Å². The van der Waals surface area contributed by atoms with Crippen LogP contribution in [0.2, 0.25) is 0 Å². The summed E-state index contributed by atoms with van der Waals surface area (Å²) in [6.45, 7) is 4.06. The Morgan fingerprint density at radius 1 is 1.57 bits per heavy atom. The van der Waals surface area contributed by atoms with E-state index in [1.54, 1.807) is 12.1 Å². The maximum Gasteiger partial charge on any atom is 0.115 e. The minimum Gasteiger partial charge on any atom is -0.508 e. The van der Waals surface area contributed by atoms with Gasteiger partial charge in [-0.15, -0.1) is 0 Å². The van der Waals surface area contributed by atoms with Gasteiger partial charge in [0.15, 0.2) is 0 Å². The Kier molecular flexibility index (Phi) is 3.47. The van der Waals surface area contributed by atoms with Crippen LogP contribution < -0.4 is 5.73 Å². The summed E-state index contributed by atoms with van der Waals surface area (Å²) in [6.07, 6.45) is 0.709. The second-order valence-electron chi connectivity index (χ2n) is 3.61. The summed E-state index contributed by atoms with van der Waals surface area (Å²) in [7, 11) is 0. The van der Waals surface area contributed by atoms with Gasteiger partial charge in [0, 0.05) is 6.42 Å². The molecular weight excluding hydrogens is 194 g/mol. The Morgan fingerprint density at radius 2 is 2.21 bits per heavy atom. The molecule has 1 atom stereocenters. The molecule has 0 aliphatic rings. The quantitative estimate of drug-likeness (QED) is 0.752. The van der Waals surface area contributed by atoms with Crippen LogP contribution in [-0.4, -0.2) is 10.1 Å². The molecule has 1 unspecified atom stereocenters. The zero-order valence-electron chi connectivity index (χ0n) is 8.45. The topological polar surface area (TPSA) is 46.2 Å². The highest BCUT2D eigenvalue weighted by molar-refractivity contribution is 7.80. The van der Waals surface area contributed by atoms with Crippen LogP contribution >= 0.6 is 12.2 Å². The molecule has 0 radical (unpaired) electrons. The molecule has 0 heterocycles. The molecular formula is C11H15NOS. The minimum atomic E-state index is 0.300. The van der Waals surface area contributed by atoms with Gasteiger partial charge >= 0.3 is 0 Å². The van der Waals surface area contributed by atoms with Crippen molar-refractivity contribution >= 4 is 17.2 Å². The number of aryl methyl sites for hydroxylation is 1. The van der Waals surface area contributed by atoms with Gasteiger partial charge in [-0.2, -0.15) is 0 Å². The number of hydrogen-bond acceptors (Lipinski definition) is 2. The van der Waals surface area contributed by atoms with Crippen molar-refractivity contribution in [3.8, 4) is 5.75 Å². The van der Waals surface area contributed by atoms with E-state index < -0.39 is 0 Å². The number of phenolic OH excluding ortho intramolecular Hbond substituents is 1. The lowest BCUT2D eigenvalue weighted by molar-refractivity contribution is 0.474. The summed E-state index contributed by atoms with van der Waals surface area (Å²) in [5.41, 5.74) is 7.76. The maximum absolute atomic E-state index is 9.25. The predicted molar refractivity (Wildman–Crippen MR) is 62.7 cm³/mol. The van der Waals surface area contributed by atoms with E-state index in [0.717, 1.165) is 5.56 Å². The average Bonchev–Trinajstić information content (AvgIpc) is 2.01. The second kappa shape index (κ2) is 4.42. The molecule has 14 heavy (non-hydrogen) atoms. The predicted octanol–water partition coefficient (Wildman–Crippen LogP) is 2.48. The largest absolute Gasteiger partial charge is 0.508 e. The molecule has 0 amide bonds. The van der Waals surface area contributed by atoms with E-state index in [-0.39, 0.29) is 0 Å². The van der Waals surface area contributed by atoms with Crippen LogP contribution in [0.3, 0.4) is 0 Å². The number of aromatic hydroxyl groups is 1. The normalized spacial score (nSPS) is 12.4. The minimum absolute atomic E-state index is 0.300. The fraction of sp³-hybridized carbons (Fsp3) is 0.364. The van der Waals surface area contributed by atoms with Crippen LogP contribution in [0.25, 0.3) is 0 Å². The molecule has 0 spiro atoms. The first-order valence-electron chi connectivity index (χ1n) is 4.58. The molecule has 76 valence electrons. The highest BCUT2D eigenvalue weighted by Gasteiger charge is 2.09. The van der Waals surface area contributed by atoms with E-state index in [2.05, 4.69) is 6.92 Å². The van der Waals surface area contributed by atoms with Crippen LogP contribution in [0, 0.1) is 6.92 Å². The number of benzene rings is 1. The third-order valence-electron chi connectivity index (χ3n) is 2.29. The van der Waals surface area contributed by atoms with Gasteiger partial charge in [-0.05, 0) is 36.1 Å². The lowest BCUT2D eigenvalue weighted by Crippen LogP contribution is -2.12. The van der Waals surface area contributed by atoms with Crippen molar-refractivity contribution in [1.29, 1.82) is 0 Å². The molecule has 0 saturated heterocycles. The van der Waals surface area contributed by atoms with Crippen molar-refractivity contribution in [2.24, 2.45) is 5.73 Å². The van der Waals surface area contributed by atoms with Gasteiger partial charge in [-0.3, -0.25) is 0 Å². The number of thiocarbonyl (C=S) groups is 1. The summed E-state index contributed by atoms with van der Waals surface area (Å²) in [4.78, 5) is 0.532. The first-order chi connectivity index (χ1) is 6.50. The Balaban J connectivity index is 2.90. The smallest absolute Gasteiger partial charge is 0.115 e. The molecule has 1 aromatic carbocycles.